The van der Waals surface area contributed by atoms with E-state index in [1.807, 2.05) is 73.0 Å². The van der Waals surface area contributed by atoms with Gasteiger partial charge in [0.05, 0.1) is 16.6 Å². The fraction of sp³-hybridized carbons (Fsp3) is 0.174. The second kappa shape index (κ2) is 9.54. The average Bonchev–Trinajstić information content (AvgIpc) is 3.12. The lowest BCUT2D eigenvalue weighted by molar-refractivity contribution is -0.142. The van der Waals surface area contributed by atoms with Gasteiger partial charge in [-0.25, -0.2) is 9.97 Å². The Kier molecular flexibility index (Phi) is 6.84. The van der Waals surface area contributed by atoms with E-state index in [0.717, 1.165) is 32.3 Å². The number of rotatable bonds is 4. The van der Waals surface area contributed by atoms with Gasteiger partial charge in [0.15, 0.2) is 0 Å². The molecule has 0 bridgehead atoms. The number of aromatic nitrogens is 3. The van der Waals surface area contributed by atoms with Crippen LogP contribution in [0.15, 0.2) is 65.3 Å². The van der Waals surface area contributed by atoms with Gasteiger partial charge >= 0.3 is 5.97 Å². The molecule has 0 spiro atoms. The summed E-state index contributed by atoms with van der Waals surface area (Å²) in [5.41, 5.74) is 10.5. The molecule has 2 N–H and O–H groups in total. The van der Waals surface area contributed by atoms with Gasteiger partial charge in [-0.1, -0.05) is 41.9 Å². The van der Waals surface area contributed by atoms with Crippen molar-refractivity contribution in [2.75, 3.05) is 5.73 Å². The summed E-state index contributed by atoms with van der Waals surface area (Å²) >= 11 is 3.54. The van der Waals surface area contributed by atoms with Crippen molar-refractivity contribution in [2.24, 2.45) is 0 Å². The zero-order valence-electron chi connectivity index (χ0n) is 17.1. The third-order valence-electron chi connectivity index (χ3n) is 4.33. The summed E-state index contributed by atoms with van der Waals surface area (Å²) < 4.78 is 8.07. The summed E-state index contributed by atoms with van der Waals surface area (Å²) in [6.45, 7) is 5.64. The zero-order valence-corrected chi connectivity index (χ0v) is 18.7. The number of hydrogen-bond acceptors (Lipinski definition) is 5. The van der Waals surface area contributed by atoms with Gasteiger partial charge in [-0.15, -0.1) is 0 Å². The van der Waals surface area contributed by atoms with Gasteiger partial charge in [0.1, 0.15) is 18.2 Å². The maximum Gasteiger partial charge on any atom is 0.302 e. The number of imidazole rings is 1. The number of nitrogens with two attached hydrogens (primary N) is 1. The van der Waals surface area contributed by atoms with Gasteiger partial charge in [-0.05, 0) is 48.0 Å². The summed E-state index contributed by atoms with van der Waals surface area (Å²) in [6, 6.07) is 17.5. The molecule has 0 radical (unpaired) electrons. The number of ether oxygens (including phenoxy) is 1. The van der Waals surface area contributed by atoms with Crippen LogP contribution in [0.2, 0.25) is 0 Å². The topological polar surface area (TPSA) is 83.0 Å². The van der Waals surface area contributed by atoms with Crippen LogP contribution in [0.4, 0.5) is 5.82 Å². The van der Waals surface area contributed by atoms with Gasteiger partial charge in [-0.2, -0.15) is 0 Å². The number of nitrogen functional groups attached to an aromatic ring is 1. The van der Waals surface area contributed by atoms with Gasteiger partial charge < -0.3 is 10.5 Å². The van der Waals surface area contributed by atoms with E-state index < -0.39 is 0 Å². The lowest BCUT2D eigenvalue weighted by atomic mass is 10.2. The summed E-state index contributed by atoms with van der Waals surface area (Å²) in [7, 11) is 0. The molecule has 0 aliphatic rings. The minimum Gasteiger partial charge on any atom is -0.461 e. The quantitative estimate of drug-likeness (QED) is 0.400. The number of pyridine rings is 1. The van der Waals surface area contributed by atoms with Crippen molar-refractivity contribution >= 4 is 38.8 Å². The molecule has 7 heteroatoms. The molecule has 154 valence electrons. The summed E-state index contributed by atoms with van der Waals surface area (Å²) in [4.78, 5) is 20.0. The normalized spacial score (nSPS) is 10.4. The molecule has 0 unspecified atom stereocenters. The first kappa shape index (κ1) is 21.5. The van der Waals surface area contributed by atoms with Crippen LogP contribution in [-0.4, -0.2) is 20.5 Å². The molecule has 2 aromatic heterocycles. The second-order valence-electron chi connectivity index (χ2n) is 6.29. The van der Waals surface area contributed by atoms with Crippen molar-refractivity contribution in [3.63, 3.8) is 0 Å². The van der Waals surface area contributed by atoms with Crippen LogP contribution in [0.3, 0.4) is 0 Å². The third kappa shape index (κ3) is 4.52. The molecule has 0 saturated carbocycles. The number of carbonyl (C=O) groups excluding carboxylic acids is 1. The van der Waals surface area contributed by atoms with E-state index in [9.17, 15) is 4.79 Å². The summed E-state index contributed by atoms with van der Waals surface area (Å²) in [5.74, 6) is 0.833. The first-order chi connectivity index (χ1) is 14.5. The zero-order chi connectivity index (χ0) is 21.7. The predicted octanol–water partition coefficient (Wildman–Crippen LogP) is 5.52. The molecule has 0 atom stereocenters. The minimum absolute atomic E-state index is 0.244. The number of hydrogen-bond donors (Lipinski definition) is 1. The minimum atomic E-state index is -0.302. The summed E-state index contributed by atoms with van der Waals surface area (Å²) in [6.07, 6.45) is 1.66. The van der Waals surface area contributed by atoms with Crippen LogP contribution in [0.1, 0.15) is 26.3 Å². The number of halogens is 1. The van der Waals surface area contributed by atoms with Crippen molar-refractivity contribution in [1.29, 1.82) is 0 Å². The highest BCUT2D eigenvalue weighted by Gasteiger charge is 2.17. The highest BCUT2D eigenvalue weighted by molar-refractivity contribution is 9.10. The predicted molar refractivity (Wildman–Crippen MR) is 123 cm³/mol. The number of carbonyl (C=O) groups is 1. The number of fused-ring (bicyclic) bond motifs is 1. The molecular weight excluding hydrogens is 444 g/mol. The molecule has 0 amide bonds. The van der Waals surface area contributed by atoms with Crippen LogP contribution < -0.4 is 5.73 Å². The Balaban J connectivity index is 0.00000124. The van der Waals surface area contributed by atoms with Crippen LogP contribution in [0.5, 0.6) is 0 Å². The second-order valence-corrected chi connectivity index (χ2v) is 7.20. The number of esters is 1. The van der Waals surface area contributed by atoms with Gasteiger partial charge in [0, 0.05) is 23.3 Å². The van der Waals surface area contributed by atoms with E-state index in [0.29, 0.717) is 11.6 Å². The fourth-order valence-electron chi connectivity index (χ4n) is 3.02. The fourth-order valence-corrected chi connectivity index (χ4v) is 3.37. The van der Waals surface area contributed by atoms with Crippen LogP contribution >= 0.6 is 15.9 Å². The molecular formula is C23H23BrN4O2. The molecule has 0 aliphatic heterocycles. The Bertz CT molecular complexity index is 1170. The largest absolute Gasteiger partial charge is 0.461 e. The number of nitrogens with zero attached hydrogens (tertiary/aromatic N) is 3. The van der Waals surface area contributed by atoms with E-state index in [1.54, 1.807) is 6.20 Å². The van der Waals surface area contributed by atoms with Crippen molar-refractivity contribution in [2.45, 2.75) is 27.4 Å². The molecule has 4 aromatic rings. The van der Waals surface area contributed by atoms with Gasteiger partial charge in [0.2, 0.25) is 0 Å². The van der Waals surface area contributed by atoms with Crippen molar-refractivity contribution in [1.82, 2.24) is 14.5 Å². The first-order valence-electron chi connectivity index (χ1n) is 9.64. The summed E-state index contributed by atoms with van der Waals surface area (Å²) in [5, 5.41) is 0. The maximum atomic E-state index is 11.0. The van der Waals surface area contributed by atoms with Crippen LogP contribution in [0.25, 0.3) is 28.1 Å². The van der Waals surface area contributed by atoms with E-state index in [4.69, 9.17) is 15.5 Å². The Morgan fingerprint density at radius 1 is 1.13 bits per heavy atom. The Morgan fingerprint density at radius 2 is 1.87 bits per heavy atom. The van der Waals surface area contributed by atoms with Crippen molar-refractivity contribution in [3.8, 4) is 17.1 Å². The molecule has 0 fully saturated rings. The van der Waals surface area contributed by atoms with E-state index >= 15 is 0 Å². The van der Waals surface area contributed by atoms with Gasteiger partial charge in [0.25, 0.3) is 0 Å². The molecule has 0 saturated heterocycles. The highest BCUT2D eigenvalue weighted by Crippen LogP contribution is 2.32. The SMILES string of the molecule is CC.CC(=O)OCc1ccc(-n2c(-c3cccnc3N)nc3ccc(Br)cc32)cc1. The van der Waals surface area contributed by atoms with Gasteiger partial charge in [-0.3, -0.25) is 9.36 Å². The monoisotopic (exact) mass is 466 g/mol. The Morgan fingerprint density at radius 3 is 2.53 bits per heavy atom. The van der Waals surface area contributed by atoms with Crippen molar-refractivity contribution < 1.29 is 9.53 Å². The van der Waals surface area contributed by atoms with E-state index in [2.05, 4.69) is 20.9 Å². The Hall–Kier alpha value is -3.19. The Labute approximate surface area is 183 Å². The van der Waals surface area contributed by atoms with Crippen LogP contribution in [-0.2, 0) is 16.1 Å². The number of anilines is 1. The van der Waals surface area contributed by atoms with E-state index in [-0.39, 0.29) is 12.6 Å². The molecule has 4 rings (SSSR count). The average molecular weight is 467 g/mol. The maximum absolute atomic E-state index is 11.0. The molecule has 6 nitrogen and oxygen atoms in total. The standard InChI is InChI=1S/C21H17BrN4O2.C2H6/c1-13(27)28-12-14-4-7-16(8-5-14)26-19-11-15(22)6-9-18(19)25-21(26)17-3-2-10-24-20(17)23;1-2/h2-11H,12H2,1H3,(H2,23,24);1-2H3. The van der Waals surface area contributed by atoms with Crippen LogP contribution in [0, 0.1) is 0 Å². The first-order valence-corrected chi connectivity index (χ1v) is 10.4. The number of benzene rings is 2. The molecule has 0 aliphatic carbocycles. The van der Waals surface area contributed by atoms with E-state index in [1.165, 1.54) is 6.92 Å². The smallest absolute Gasteiger partial charge is 0.302 e. The molecule has 2 aromatic carbocycles. The lowest BCUT2D eigenvalue weighted by Crippen LogP contribution is -2.02. The highest BCUT2D eigenvalue weighted by atomic mass is 79.9. The lowest BCUT2D eigenvalue weighted by Gasteiger charge is -2.11. The van der Waals surface area contributed by atoms with Crippen molar-refractivity contribution in [3.05, 3.63) is 70.8 Å². The molecule has 30 heavy (non-hydrogen) atoms. The molecule has 2 heterocycles. The third-order valence-corrected chi connectivity index (χ3v) is 4.83.